The van der Waals surface area contributed by atoms with Gasteiger partial charge in [-0.3, -0.25) is 0 Å². The molecule has 1 fully saturated rings. The zero-order valence-electron chi connectivity index (χ0n) is 16.2. The Bertz CT molecular complexity index is 855. The summed E-state index contributed by atoms with van der Waals surface area (Å²) in [7, 11) is 0. The van der Waals surface area contributed by atoms with Crippen LogP contribution in [-0.4, -0.2) is 22.2 Å². The topological polar surface area (TPSA) is 32.3 Å². The van der Waals surface area contributed by atoms with Gasteiger partial charge < -0.3 is 9.80 Å². The van der Waals surface area contributed by atoms with Crippen LogP contribution in [0.25, 0.3) is 0 Å². The summed E-state index contributed by atoms with van der Waals surface area (Å²) in [5, 5.41) is 0. The quantitative estimate of drug-likeness (QED) is 0.779. The monoisotopic (exact) mass is 348 g/mol. The molecule has 0 saturated heterocycles. The highest BCUT2D eigenvalue weighted by Crippen LogP contribution is 2.71. The Morgan fingerprint density at radius 2 is 1.92 bits per heavy atom. The van der Waals surface area contributed by atoms with Gasteiger partial charge in [0.2, 0.25) is 0 Å². The van der Waals surface area contributed by atoms with Crippen molar-refractivity contribution in [2.24, 2.45) is 5.41 Å². The highest BCUT2D eigenvalue weighted by atomic mass is 15.5. The van der Waals surface area contributed by atoms with Crippen molar-refractivity contribution < 1.29 is 0 Å². The first-order valence-corrected chi connectivity index (χ1v) is 10.1. The summed E-state index contributed by atoms with van der Waals surface area (Å²) in [6.07, 6.45) is 9.03. The first-order chi connectivity index (χ1) is 12.6. The minimum atomic E-state index is 0.265. The lowest BCUT2D eigenvalue weighted by molar-refractivity contribution is -0.0492. The molecule has 1 aliphatic carbocycles. The second-order valence-corrected chi connectivity index (χ2v) is 8.44. The van der Waals surface area contributed by atoms with Crippen LogP contribution in [0.5, 0.6) is 0 Å². The molecule has 0 N–H and O–H groups in total. The van der Waals surface area contributed by atoms with E-state index in [-0.39, 0.29) is 10.8 Å². The van der Waals surface area contributed by atoms with Gasteiger partial charge in [-0.05, 0) is 51.2 Å². The van der Waals surface area contributed by atoms with Crippen molar-refractivity contribution in [3.63, 3.8) is 0 Å². The fraction of sp³-hybridized carbons (Fsp3) is 0.545. The molecule has 0 bridgehead atoms. The maximum atomic E-state index is 4.73. The number of para-hydroxylation sites is 1. The first kappa shape index (κ1) is 16.1. The number of nitrogens with zero attached hydrogens (tertiary/aromatic N) is 4. The molecule has 2 aromatic rings. The van der Waals surface area contributed by atoms with Crippen LogP contribution in [0.15, 0.2) is 36.8 Å². The Morgan fingerprint density at radius 1 is 1.12 bits per heavy atom. The van der Waals surface area contributed by atoms with Crippen molar-refractivity contribution in [2.75, 3.05) is 9.80 Å². The summed E-state index contributed by atoms with van der Waals surface area (Å²) < 4.78 is 0. The SMILES string of the molecule is CCC12CCC1(CC)C1N(c3ccccc32)c2cncnc2N1C(C)C. The Hall–Kier alpha value is -2.10. The van der Waals surface area contributed by atoms with Crippen LogP contribution in [0.3, 0.4) is 0 Å². The molecule has 0 spiro atoms. The molecule has 1 aromatic heterocycles. The van der Waals surface area contributed by atoms with Crippen LogP contribution in [0.4, 0.5) is 17.2 Å². The molecule has 3 unspecified atom stereocenters. The summed E-state index contributed by atoms with van der Waals surface area (Å²) in [4.78, 5) is 14.2. The van der Waals surface area contributed by atoms with E-state index in [1.807, 2.05) is 6.20 Å². The molecule has 0 radical (unpaired) electrons. The van der Waals surface area contributed by atoms with Crippen molar-refractivity contribution >= 4 is 17.2 Å². The number of aromatic nitrogens is 2. The molecule has 5 rings (SSSR count). The van der Waals surface area contributed by atoms with Gasteiger partial charge in [-0.2, -0.15) is 0 Å². The zero-order valence-corrected chi connectivity index (χ0v) is 16.2. The predicted molar refractivity (Wildman–Crippen MR) is 106 cm³/mol. The normalized spacial score (nSPS) is 31.2. The van der Waals surface area contributed by atoms with E-state index >= 15 is 0 Å². The molecule has 2 aliphatic heterocycles. The Morgan fingerprint density at radius 3 is 2.58 bits per heavy atom. The molecule has 3 aliphatic rings. The van der Waals surface area contributed by atoms with Crippen LogP contribution >= 0.6 is 0 Å². The van der Waals surface area contributed by atoms with E-state index in [9.17, 15) is 0 Å². The number of fused-ring (bicyclic) bond motifs is 8. The lowest BCUT2D eigenvalue weighted by Gasteiger charge is -2.68. The third-order valence-electron chi connectivity index (χ3n) is 7.60. The maximum Gasteiger partial charge on any atom is 0.157 e. The average molecular weight is 348 g/mol. The van der Waals surface area contributed by atoms with E-state index in [2.05, 4.69) is 66.7 Å². The van der Waals surface area contributed by atoms with E-state index in [0.29, 0.717) is 12.2 Å². The summed E-state index contributed by atoms with van der Waals surface area (Å²) in [5.41, 5.74) is 4.61. The highest BCUT2D eigenvalue weighted by Gasteiger charge is 2.69. The van der Waals surface area contributed by atoms with E-state index < -0.39 is 0 Å². The van der Waals surface area contributed by atoms with Crippen molar-refractivity contribution in [3.8, 4) is 0 Å². The van der Waals surface area contributed by atoms with Crippen molar-refractivity contribution in [1.82, 2.24) is 9.97 Å². The minimum absolute atomic E-state index is 0.265. The number of rotatable bonds is 3. The van der Waals surface area contributed by atoms with Crippen molar-refractivity contribution in [3.05, 3.63) is 42.4 Å². The van der Waals surface area contributed by atoms with Gasteiger partial charge in [0.15, 0.2) is 5.82 Å². The summed E-state index contributed by atoms with van der Waals surface area (Å²) in [6.45, 7) is 9.37. The van der Waals surface area contributed by atoms with Crippen LogP contribution in [0.1, 0.15) is 58.9 Å². The number of benzene rings is 1. The maximum absolute atomic E-state index is 4.73. The molecule has 136 valence electrons. The Kier molecular flexibility index (Phi) is 3.23. The van der Waals surface area contributed by atoms with Gasteiger partial charge in [0.25, 0.3) is 0 Å². The van der Waals surface area contributed by atoms with Gasteiger partial charge in [-0.15, -0.1) is 0 Å². The lowest BCUT2D eigenvalue weighted by atomic mass is 9.42. The fourth-order valence-corrected chi connectivity index (χ4v) is 6.39. The van der Waals surface area contributed by atoms with Gasteiger partial charge in [-0.1, -0.05) is 32.0 Å². The largest absolute Gasteiger partial charge is 0.331 e. The van der Waals surface area contributed by atoms with E-state index in [0.717, 1.165) is 5.82 Å². The average Bonchev–Trinajstić information content (AvgIpc) is 2.98. The van der Waals surface area contributed by atoms with E-state index in [1.54, 1.807) is 6.33 Å². The van der Waals surface area contributed by atoms with Gasteiger partial charge >= 0.3 is 0 Å². The first-order valence-electron chi connectivity index (χ1n) is 10.1. The third-order valence-corrected chi connectivity index (χ3v) is 7.60. The smallest absolute Gasteiger partial charge is 0.157 e. The molecule has 3 heterocycles. The van der Waals surface area contributed by atoms with Gasteiger partial charge in [0.05, 0.1) is 6.20 Å². The molecular formula is C22H28N4. The van der Waals surface area contributed by atoms with Crippen molar-refractivity contribution in [1.29, 1.82) is 0 Å². The second-order valence-electron chi connectivity index (χ2n) is 8.44. The molecule has 3 atom stereocenters. The summed E-state index contributed by atoms with van der Waals surface area (Å²) in [6, 6.07) is 9.48. The Labute approximate surface area is 156 Å². The highest BCUT2D eigenvalue weighted by molar-refractivity contribution is 5.85. The van der Waals surface area contributed by atoms with Crippen molar-refractivity contribution in [2.45, 2.75) is 71.0 Å². The molecule has 0 amide bonds. The van der Waals surface area contributed by atoms with E-state index in [4.69, 9.17) is 4.98 Å². The van der Waals surface area contributed by atoms with Gasteiger partial charge in [-0.25, -0.2) is 9.97 Å². The van der Waals surface area contributed by atoms with Crippen LogP contribution < -0.4 is 9.80 Å². The molecular weight excluding hydrogens is 320 g/mol. The number of hydrogen-bond acceptors (Lipinski definition) is 4. The fourth-order valence-electron chi connectivity index (χ4n) is 6.39. The number of hydrogen-bond donors (Lipinski definition) is 0. The minimum Gasteiger partial charge on any atom is -0.331 e. The van der Waals surface area contributed by atoms with E-state index in [1.165, 1.54) is 42.6 Å². The molecule has 26 heavy (non-hydrogen) atoms. The van der Waals surface area contributed by atoms with Gasteiger partial charge in [0.1, 0.15) is 18.2 Å². The summed E-state index contributed by atoms with van der Waals surface area (Å²) in [5.74, 6) is 1.10. The summed E-state index contributed by atoms with van der Waals surface area (Å²) >= 11 is 0. The van der Waals surface area contributed by atoms with Crippen LogP contribution in [0.2, 0.25) is 0 Å². The molecule has 1 saturated carbocycles. The molecule has 1 aromatic carbocycles. The second kappa shape index (κ2) is 5.21. The van der Waals surface area contributed by atoms with Gasteiger partial charge in [0, 0.05) is 22.6 Å². The third kappa shape index (κ3) is 1.58. The van der Waals surface area contributed by atoms with Crippen LogP contribution in [0, 0.1) is 5.41 Å². The Balaban J connectivity index is 1.85. The number of anilines is 3. The standard InChI is InChI=1S/C22H28N4/c1-5-21-11-12-22(21,6-2)20-25(15(3)4)19-18(13-23-14-24-19)26(20)17-10-8-7-9-16(17)21/h7-10,13-15,20H,5-6,11-12H2,1-4H3. The zero-order chi connectivity index (χ0) is 18.1. The predicted octanol–water partition coefficient (Wildman–Crippen LogP) is 5.02. The lowest BCUT2D eigenvalue weighted by Crippen LogP contribution is -2.70. The molecule has 4 heteroatoms. The molecule has 4 nitrogen and oxygen atoms in total. The van der Waals surface area contributed by atoms with Crippen LogP contribution in [-0.2, 0) is 5.41 Å².